The fourth-order valence-corrected chi connectivity index (χ4v) is 4.34. The van der Waals surface area contributed by atoms with Gasteiger partial charge in [-0.15, -0.1) is 0 Å². The summed E-state index contributed by atoms with van der Waals surface area (Å²) < 4.78 is 5.33. The molecule has 2 heterocycles. The minimum absolute atomic E-state index is 0.00554. The summed E-state index contributed by atoms with van der Waals surface area (Å²) in [5.74, 6) is -0.757. The van der Waals surface area contributed by atoms with Crippen molar-refractivity contribution in [2.24, 2.45) is 5.73 Å². The highest BCUT2D eigenvalue weighted by atomic mass is 16.5. The number of nitrogens with one attached hydrogen (secondary N) is 2. The number of nitrogens with two attached hydrogens (primary N) is 1. The minimum Gasteiger partial charge on any atom is -0.378 e. The smallest absolute Gasteiger partial charge is 0.254 e. The molecule has 1 saturated heterocycles. The first-order chi connectivity index (χ1) is 18.4. The maximum atomic E-state index is 12.9. The SMILES string of the molecule is NC(=O)C(Nc1c(Nc2ccncc2)c(=O)c1=O)c1ccc(-c2cccc(C(=O)N3CCOCC3)c2)cc1. The number of aromatic nitrogens is 1. The van der Waals surface area contributed by atoms with Crippen molar-refractivity contribution >= 4 is 28.9 Å². The molecule has 4 aromatic rings. The molecule has 5 rings (SSSR count). The van der Waals surface area contributed by atoms with Crippen molar-refractivity contribution in [3.8, 4) is 11.1 Å². The Labute approximate surface area is 217 Å². The van der Waals surface area contributed by atoms with Gasteiger partial charge >= 0.3 is 0 Å². The van der Waals surface area contributed by atoms with E-state index in [1.54, 1.807) is 47.6 Å². The highest BCUT2D eigenvalue weighted by Gasteiger charge is 2.27. The van der Waals surface area contributed by atoms with Crippen LogP contribution in [-0.4, -0.2) is 48.0 Å². The van der Waals surface area contributed by atoms with Gasteiger partial charge in [-0.3, -0.25) is 24.2 Å². The van der Waals surface area contributed by atoms with Crippen LogP contribution in [0, 0.1) is 0 Å². The van der Waals surface area contributed by atoms with E-state index < -0.39 is 22.8 Å². The third-order valence-electron chi connectivity index (χ3n) is 6.42. The van der Waals surface area contributed by atoms with Crippen LogP contribution in [0.1, 0.15) is 22.0 Å². The van der Waals surface area contributed by atoms with Crippen LogP contribution in [0.2, 0.25) is 0 Å². The fourth-order valence-electron chi connectivity index (χ4n) is 4.34. The zero-order valence-corrected chi connectivity index (χ0v) is 20.3. The maximum Gasteiger partial charge on any atom is 0.254 e. The van der Waals surface area contributed by atoms with Gasteiger partial charge in [0.15, 0.2) is 0 Å². The molecule has 0 bridgehead atoms. The van der Waals surface area contributed by atoms with Gasteiger partial charge in [-0.05, 0) is 41.0 Å². The second-order valence-electron chi connectivity index (χ2n) is 8.86. The molecule has 1 aromatic heterocycles. The lowest BCUT2D eigenvalue weighted by Crippen LogP contribution is -2.40. The lowest BCUT2D eigenvalue weighted by atomic mass is 9.98. The summed E-state index contributed by atoms with van der Waals surface area (Å²) in [4.78, 5) is 55.3. The summed E-state index contributed by atoms with van der Waals surface area (Å²) >= 11 is 0. The molecular formula is C28H25N5O5. The molecule has 4 N–H and O–H groups in total. The third-order valence-corrected chi connectivity index (χ3v) is 6.42. The van der Waals surface area contributed by atoms with Crippen molar-refractivity contribution in [2.75, 3.05) is 36.9 Å². The highest BCUT2D eigenvalue weighted by Crippen LogP contribution is 2.28. The lowest BCUT2D eigenvalue weighted by Gasteiger charge is -2.27. The van der Waals surface area contributed by atoms with E-state index in [9.17, 15) is 19.2 Å². The molecule has 3 aromatic carbocycles. The predicted octanol–water partition coefficient (Wildman–Crippen LogP) is 2.20. The van der Waals surface area contributed by atoms with E-state index in [1.807, 2.05) is 30.3 Å². The number of primary amides is 1. The molecule has 0 spiro atoms. The van der Waals surface area contributed by atoms with Gasteiger partial charge in [0.25, 0.3) is 16.8 Å². The van der Waals surface area contributed by atoms with Crippen LogP contribution >= 0.6 is 0 Å². The molecule has 192 valence electrons. The predicted molar refractivity (Wildman–Crippen MR) is 143 cm³/mol. The Morgan fingerprint density at radius 1 is 0.895 bits per heavy atom. The van der Waals surface area contributed by atoms with Crippen molar-refractivity contribution in [2.45, 2.75) is 6.04 Å². The molecule has 1 atom stereocenters. The Hall–Kier alpha value is -4.83. The van der Waals surface area contributed by atoms with E-state index in [-0.39, 0.29) is 17.3 Å². The van der Waals surface area contributed by atoms with Gasteiger partial charge in [0.2, 0.25) is 5.91 Å². The standard InChI is InChI=1S/C28H25N5O5/c29-27(36)22(32-24-23(25(34)26(24)35)31-21-8-10-30-11-9-21)18-6-4-17(5-7-18)19-2-1-3-20(16-19)28(37)33-12-14-38-15-13-33/h1-11,16,22,32H,12-15H2,(H2,29,36)(H,30,31). The Morgan fingerprint density at radius 3 is 2.26 bits per heavy atom. The Kier molecular flexibility index (Phi) is 6.96. The van der Waals surface area contributed by atoms with Crippen LogP contribution in [-0.2, 0) is 9.53 Å². The number of hydrogen-bond donors (Lipinski definition) is 3. The van der Waals surface area contributed by atoms with E-state index in [0.717, 1.165) is 11.1 Å². The number of rotatable bonds is 8. The Bertz CT molecular complexity index is 1540. The average molecular weight is 512 g/mol. The van der Waals surface area contributed by atoms with Crippen LogP contribution in [0.15, 0.2) is 82.6 Å². The molecule has 2 amide bonds. The van der Waals surface area contributed by atoms with Crippen molar-refractivity contribution in [1.82, 2.24) is 9.88 Å². The molecule has 1 aliphatic heterocycles. The van der Waals surface area contributed by atoms with Crippen molar-refractivity contribution in [1.29, 1.82) is 0 Å². The Morgan fingerprint density at radius 2 is 1.58 bits per heavy atom. The van der Waals surface area contributed by atoms with E-state index in [4.69, 9.17) is 10.5 Å². The lowest BCUT2D eigenvalue weighted by molar-refractivity contribution is -0.118. The maximum absolute atomic E-state index is 12.9. The minimum atomic E-state index is -1.04. The molecular weight excluding hydrogens is 486 g/mol. The second kappa shape index (κ2) is 10.7. The van der Waals surface area contributed by atoms with Gasteiger partial charge in [0, 0.05) is 36.7 Å². The first-order valence-corrected chi connectivity index (χ1v) is 12.1. The van der Waals surface area contributed by atoms with Crippen LogP contribution < -0.4 is 27.2 Å². The number of nitrogens with zero attached hydrogens (tertiary/aromatic N) is 2. The molecule has 1 aliphatic rings. The largest absolute Gasteiger partial charge is 0.378 e. The van der Waals surface area contributed by atoms with Gasteiger partial charge in [0.05, 0.1) is 13.2 Å². The summed E-state index contributed by atoms with van der Waals surface area (Å²) in [6.07, 6.45) is 3.09. The molecule has 10 heteroatoms. The molecule has 1 unspecified atom stereocenters. The van der Waals surface area contributed by atoms with Crippen molar-refractivity contribution in [3.05, 3.63) is 105 Å². The first-order valence-electron chi connectivity index (χ1n) is 12.1. The van der Waals surface area contributed by atoms with Crippen LogP contribution in [0.5, 0.6) is 0 Å². The number of benzene rings is 2. The quantitative estimate of drug-likeness (QED) is 0.306. The van der Waals surface area contributed by atoms with Crippen LogP contribution in [0.3, 0.4) is 0 Å². The van der Waals surface area contributed by atoms with Gasteiger partial charge in [0.1, 0.15) is 17.4 Å². The topological polar surface area (TPSA) is 144 Å². The number of amides is 2. The number of ether oxygens (including phenoxy) is 1. The number of pyridine rings is 1. The van der Waals surface area contributed by atoms with Gasteiger partial charge in [-0.2, -0.15) is 0 Å². The fraction of sp³-hybridized carbons (Fsp3) is 0.179. The molecule has 0 saturated carbocycles. The van der Waals surface area contributed by atoms with Crippen molar-refractivity contribution in [3.63, 3.8) is 0 Å². The first kappa shape index (κ1) is 24.8. The second-order valence-corrected chi connectivity index (χ2v) is 8.86. The monoisotopic (exact) mass is 511 g/mol. The van der Waals surface area contributed by atoms with E-state index in [0.29, 0.717) is 43.1 Å². The van der Waals surface area contributed by atoms with E-state index in [1.165, 1.54) is 0 Å². The van der Waals surface area contributed by atoms with E-state index in [2.05, 4.69) is 15.6 Å². The van der Waals surface area contributed by atoms with Crippen molar-refractivity contribution < 1.29 is 14.3 Å². The number of carbonyl (C=O) groups is 2. The normalized spacial score (nSPS) is 14.2. The molecule has 0 radical (unpaired) electrons. The average Bonchev–Trinajstić information content (AvgIpc) is 2.97. The van der Waals surface area contributed by atoms with Gasteiger partial charge in [-0.1, -0.05) is 36.4 Å². The van der Waals surface area contributed by atoms with Gasteiger partial charge < -0.3 is 26.0 Å². The number of hydrogen-bond acceptors (Lipinski definition) is 8. The molecule has 1 fully saturated rings. The number of anilines is 3. The summed E-state index contributed by atoms with van der Waals surface area (Å²) in [5, 5.41) is 5.73. The zero-order chi connectivity index (χ0) is 26.6. The molecule has 0 aliphatic carbocycles. The third kappa shape index (κ3) is 5.02. The highest BCUT2D eigenvalue weighted by molar-refractivity contribution is 5.95. The van der Waals surface area contributed by atoms with Crippen LogP contribution in [0.25, 0.3) is 11.1 Å². The summed E-state index contributed by atoms with van der Waals surface area (Å²) in [5.41, 5.74) is 7.64. The van der Waals surface area contributed by atoms with Gasteiger partial charge in [-0.25, -0.2) is 0 Å². The zero-order valence-electron chi connectivity index (χ0n) is 20.3. The van der Waals surface area contributed by atoms with Crippen LogP contribution in [0.4, 0.5) is 17.1 Å². The Balaban J connectivity index is 1.35. The number of morpholine rings is 1. The summed E-state index contributed by atoms with van der Waals surface area (Å²) in [6.45, 7) is 2.17. The molecule has 38 heavy (non-hydrogen) atoms. The molecule has 10 nitrogen and oxygen atoms in total. The number of carbonyl (C=O) groups excluding carboxylic acids is 2. The van der Waals surface area contributed by atoms with E-state index >= 15 is 0 Å². The summed E-state index contributed by atoms with van der Waals surface area (Å²) in [6, 6.07) is 16.6. The summed E-state index contributed by atoms with van der Waals surface area (Å²) in [7, 11) is 0.